The molecule has 1 saturated heterocycles. The van der Waals surface area contributed by atoms with Gasteiger partial charge >= 0.3 is 0 Å². The first-order chi connectivity index (χ1) is 12.3. The molecule has 26 heavy (non-hydrogen) atoms. The largest absolute Gasteiger partial charge is 0.358 e. The van der Waals surface area contributed by atoms with Gasteiger partial charge in [-0.2, -0.15) is 0 Å². The number of amides is 1. The monoisotopic (exact) mass is 395 g/mol. The fourth-order valence-corrected chi connectivity index (χ4v) is 4.51. The second kappa shape index (κ2) is 7.92. The van der Waals surface area contributed by atoms with Crippen molar-refractivity contribution in [3.05, 3.63) is 29.8 Å². The summed E-state index contributed by atoms with van der Waals surface area (Å²) in [6.45, 7) is 1.41. The molecule has 8 heteroatoms. The van der Waals surface area contributed by atoms with E-state index in [1.807, 2.05) is 5.01 Å². The van der Waals surface area contributed by atoms with Crippen LogP contribution in [0.1, 0.15) is 37.7 Å². The number of benzene rings is 1. The first-order valence-electron chi connectivity index (χ1n) is 9.02. The van der Waals surface area contributed by atoms with Crippen LogP contribution in [0, 0.1) is 0 Å². The van der Waals surface area contributed by atoms with Crippen LogP contribution in [0.15, 0.2) is 29.2 Å². The fraction of sp³-hybridized carbons (Fsp3) is 0.556. The first kappa shape index (κ1) is 19.1. The summed E-state index contributed by atoms with van der Waals surface area (Å²) in [4.78, 5) is 13.0. The Hall–Kier alpha value is -1.67. The minimum Gasteiger partial charge on any atom is -0.358 e. The molecule has 1 saturated carbocycles. The molecule has 0 atom stereocenters. The van der Waals surface area contributed by atoms with Gasteiger partial charge in [-0.15, -0.1) is 0 Å². The van der Waals surface area contributed by atoms with Gasteiger partial charge in [-0.05, 0) is 49.2 Å². The molecular formula is C18H25N3O3S2. The smallest absolute Gasteiger partial charge is 0.245 e. The van der Waals surface area contributed by atoms with Gasteiger partial charge in [0.05, 0.1) is 11.3 Å². The third-order valence-corrected chi connectivity index (χ3v) is 6.40. The molecule has 1 heterocycles. The van der Waals surface area contributed by atoms with E-state index < -0.39 is 9.84 Å². The van der Waals surface area contributed by atoms with Gasteiger partial charge in [0.25, 0.3) is 0 Å². The summed E-state index contributed by atoms with van der Waals surface area (Å²) >= 11 is 5.52. The van der Waals surface area contributed by atoms with Crippen molar-refractivity contribution in [2.45, 2.75) is 49.5 Å². The molecule has 1 aromatic rings. The van der Waals surface area contributed by atoms with E-state index in [2.05, 4.69) is 5.32 Å². The van der Waals surface area contributed by atoms with E-state index in [0.29, 0.717) is 17.7 Å². The summed E-state index contributed by atoms with van der Waals surface area (Å²) in [5.41, 5.74) is 0.795. The molecule has 0 radical (unpaired) electrons. The minimum absolute atomic E-state index is 0.0230. The number of hydrogen-bond acceptors (Lipinski definition) is 4. The SMILES string of the molecule is CS(=O)(=O)c1ccc(CC(=O)N2CCCN2C(=S)NC2CCCC2)cc1. The first-order valence-corrected chi connectivity index (χ1v) is 11.3. The van der Waals surface area contributed by atoms with Crippen LogP contribution in [0.5, 0.6) is 0 Å². The van der Waals surface area contributed by atoms with E-state index in [0.717, 1.165) is 31.4 Å². The average molecular weight is 396 g/mol. The van der Waals surface area contributed by atoms with Gasteiger partial charge < -0.3 is 5.32 Å². The lowest BCUT2D eigenvalue weighted by atomic mass is 10.1. The Labute approximate surface area is 160 Å². The number of nitrogens with one attached hydrogen (secondary N) is 1. The van der Waals surface area contributed by atoms with E-state index >= 15 is 0 Å². The molecule has 142 valence electrons. The summed E-state index contributed by atoms with van der Waals surface area (Å²) in [6, 6.07) is 6.91. The topological polar surface area (TPSA) is 69.7 Å². The standard InChI is InChI=1S/C18H25N3O3S2/c1-26(23,24)16-9-7-14(8-10-16)13-17(22)20-11-4-12-21(20)18(25)19-15-5-2-3-6-15/h7-10,15H,2-6,11-13H2,1H3,(H,19,25). The van der Waals surface area contributed by atoms with Gasteiger partial charge in [0.1, 0.15) is 0 Å². The maximum Gasteiger partial charge on any atom is 0.245 e. The maximum absolute atomic E-state index is 12.7. The van der Waals surface area contributed by atoms with E-state index in [-0.39, 0.29) is 17.2 Å². The number of sulfone groups is 1. The zero-order chi connectivity index (χ0) is 18.7. The van der Waals surface area contributed by atoms with E-state index in [1.165, 1.54) is 19.1 Å². The van der Waals surface area contributed by atoms with Crippen molar-refractivity contribution in [3.8, 4) is 0 Å². The summed E-state index contributed by atoms with van der Waals surface area (Å²) in [5, 5.41) is 7.62. The lowest BCUT2D eigenvalue weighted by Crippen LogP contribution is -2.51. The molecular weight excluding hydrogens is 370 g/mol. The number of thiocarbonyl (C=S) groups is 1. The highest BCUT2D eigenvalue weighted by Crippen LogP contribution is 2.20. The van der Waals surface area contributed by atoms with Crippen molar-refractivity contribution in [1.29, 1.82) is 0 Å². The van der Waals surface area contributed by atoms with Gasteiger partial charge in [0, 0.05) is 25.4 Å². The third kappa shape index (κ3) is 4.54. The van der Waals surface area contributed by atoms with Gasteiger partial charge in [-0.3, -0.25) is 14.8 Å². The molecule has 0 unspecified atom stereocenters. The van der Waals surface area contributed by atoms with Crippen LogP contribution in [-0.2, 0) is 21.1 Å². The third-order valence-electron chi connectivity index (χ3n) is 4.94. The van der Waals surface area contributed by atoms with Gasteiger partial charge in [0.2, 0.25) is 5.91 Å². The second-order valence-electron chi connectivity index (χ2n) is 7.02. The summed E-state index contributed by atoms with van der Waals surface area (Å²) < 4.78 is 23.1. The molecule has 0 aromatic heterocycles. The Balaban J connectivity index is 1.61. The summed E-state index contributed by atoms with van der Waals surface area (Å²) in [5.74, 6) is -0.0230. The Kier molecular flexibility index (Phi) is 5.82. The van der Waals surface area contributed by atoms with E-state index in [9.17, 15) is 13.2 Å². The maximum atomic E-state index is 12.7. The number of hydrazine groups is 1. The highest BCUT2D eigenvalue weighted by atomic mass is 32.2. The molecule has 1 N–H and O–H groups in total. The lowest BCUT2D eigenvalue weighted by Gasteiger charge is -2.31. The van der Waals surface area contributed by atoms with Crippen molar-refractivity contribution < 1.29 is 13.2 Å². The molecule has 1 amide bonds. The van der Waals surface area contributed by atoms with Crippen molar-refractivity contribution in [2.75, 3.05) is 19.3 Å². The molecule has 2 aliphatic rings. The van der Waals surface area contributed by atoms with Crippen molar-refractivity contribution in [3.63, 3.8) is 0 Å². The predicted octanol–water partition coefficient (Wildman–Crippen LogP) is 1.90. The van der Waals surface area contributed by atoms with Gasteiger partial charge in [0.15, 0.2) is 14.9 Å². The molecule has 0 bridgehead atoms. The Bertz CT molecular complexity index is 771. The van der Waals surface area contributed by atoms with Crippen molar-refractivity contribution in [1.82, 2.24) is 15.3 Å². The second-order valence-corrected chi connectivity index (χ2v) is 9.42. The summed E-state index contributed by atoms with van der Waals surface area (Å²) in [7, 11) is -3.22. The fourth-order valence-electron chi connectivity index (χ4n) is 3.52. The van der Waals surface area contributed by atoms with Crippen LogP contribution < -0.4 is 5.32 Å². The zero-order valence-electron chi connectivity index (χ0n) is 15.0. The molecule has 3 rings (SSSR count). The predicted molar refractivity (Wildman–Crippen MR) is 104 cm³/mol. The molecule has 1 aromatic carbocycles. The number of hydrogen-bond donors (Lipinski definition) is 1. The zero-order valence-corrected chi connectivity index (χ0v) is 16.6. The Morgan fingerprint density at radius 3 is 2.35 bits per heavy atom. The van der Waals surface area contributed by atoms with Crippen LogP contribution in [0.25, 0.3) is 0 Å². The molecule has 1 aliphatic carbocycles. The summed E-state index contributed by atoms with van der Waals surface area (Å²) in [6.07, 6.45) is 7.02. The van der Waals surface area contributed by atoms with Gasteiger partial charge in [-0.1, -0.05) is 25.0 Å². The van der Waals surface area contributed by atoms with Crippen molar-refractivity contribution in [2.24, 2.45) is 0 Å². The Morgan fingerprint density at radius 2 is 1.73 bits per heavy atom. The number of carbonyl (C=O) groups is 1. The van der Waals surface area contributed by atoms with Crippen LogP contribution in [0.2, 0.25) is 0 Å². The Morgan fingerprint density at radius 1 is 1.12 bits per heavy atom. The number of carbonyl (C=O) groups excluding carboxylic acids is 1. The van der Waals surface area contributed by atoms with Crippen molar-refractivity contribution >= 4 is 33.1 Å². The van der Waals surface area contributed by atoms with E-state index in [4.69, 9.17) is 12.2 Å². The lowest BCUT2D eigenvalue weighted by molar-refractivity contribution is -0.138. The minimum atomic E-state index is -3.22. The van der Waals surface area contributed by atoms with E-state index in [1.54, 1.807) is 29.3 Å². The molecule has 1 aliphatic heterocycles. The highest BCUT2D eigenvalue weighted by molar-refractivity contribution is 7.90. The average Bonchev–Trinajstić information content (AvgIpc) is 3.25. The molecule has 2 fully saturated rings. The van der Waals surface area contributed by atoms with Crippen LogP contribution in [0.4, 0.5) is 0 Å². The molecule has 6 nitrogen and oxygen atoms in total. The highest BCUT2D eigenvalue weighted by Gasteiger charge is 2.30. The number of rotatable bonds is 4. The van der Waals surface area contributed by atoms with Crippen LogP contribution in [0.3, 0.4) is 0 Å². The quantitative estimate of drug-likeness (QED) is 0.786. The molecule has 0 spiro atoms. The number of nitrogens with zero attached hydrogens (tertiary/aromatic N) is 2. The van der Waals surface area contributed by atoms with Crippen LogP contribution >= 0.6 is 12.2 Å². The normalized spacial score (nSPS) is 18.3. The van der Waals surface area contributed by atoms with Crippen LogP contribution in [-0.4, -0.2) is 54.8 Å². The van der Waals surface area contributed by atoms with Gasteiger partial charge in [-0.25, -0.2) is 8.42 Å².